The molecule has 2 aromatic carbocycles. The van der Waals surface area contributed by atoms with Crippen molar-refractivity contribution in [1.82, 2.24) is 9.55 Å². The number of carbonyl (C=O) groups is 2. The highest BCUT2D eigenvalue weighted by molar-refractivity contribution is 6.31. The van der Waals surface area contributed by atoms with E-state index in [2.05, 4.69) is 4.98 Å². The van der Waals surface area contributed by atoms with Crippen LogP contribution in [0.4, 0.5) is 0 Å². The Balaban J connectivity index is 1.51. The van der Waals surface area contributed by atoms with Crippen LogP contribution in [0.25, 0.3) is 22.0 Å². The molecule has 0 aliphatic heterocycles. The number of hydrogen-bond donors (Lipinski definition) is 0. The van der Waals surface area contributed by atoms with E-state index in [-0.39, 0.29) is 25.1 Å². The monoisotopic (exact) mass is 454 g/mol. The smallest absolute Gasteiger partial charge is 0.419 e. The molecular formula is C23H19ClN2O6. The number of pyridine rings is 1. The van der Waals surface area contributed by atoms with Gasteiger partial charge >= 0.3 is 17.7 Å². The van der Waals surface area contributed by atoms with Gasteiger partial charge in [0.1, 0.15) is 6.61 Å². The van der Waals surface area contributed by atoms with Gasteiger partial charge < -0.3 is 13.9 Å². The highest BCUT2D eigenvalue weighted by atomic mass is 35.5. The van der Waals surface area contributed by atoms with Gasteiger partial charge in [0.2, 0.25) is 0 Å². The summed E-state index contributed by atoms with van der Waals surface area (Å²) in [5.74, 6) is -1.69. The van der Waals surface area contributed by atoms with Crippen LogP contribution in [0.3, 0.4) is 0 Å². The molecular weight excluding hydrogens is 436 g/mol. The number of aromatic nitrogens is 2. The summed E-state index contributed by atoms with van der Waals surface area (Å²) >= 11 is 5.92. The van der Waals surface area contributed by atoms with Crippen LogP contribution in [0.2, 0.25) is 5.02 Å². The van der Waals surface area contributed by atoms with Gasteiger partial charge in [-0.2, -0.15) is 0 Å². The van der Waals surface area contributed by atoms with Crippen molar-refractivity contribution in [3.63, 3.8) is 0 Å². The maximum Gasteiger partial charge on any atom is 0.419 e. The van der Waals surface area contributed by atoms with Crippen LogP contribution >= 0.6 is 11.6 Å². The number of methoxy groups -OCH3 is 1. The standard InChI is InChI=1S/C23H19ClN2O6/c1-13-15-5-3-4-6-16(15)25-17(21(13)22(28)30-2)12-31-20(27)9-10-26-18-8-7-14(24)11-19(18)32-23(26)29/h3-8,11H,9-10,12H2,1-2H3. The van der Waals surface area contributed by atoms with Gasteiger partial charge in [0, 0.05) is 23.0 Å². The second-order valence-corrected chi connectivity index (χ2v) is 7.55. The van der Waals surface area contributed by atoms with Gasteiger partial charge in [0.05, 0.1) is 35.8 Å². The SMILES string of the molecule is COC(=O)c1c(COC(=O)CCn2c(=O)oc3cc(Cl)ccc32)nc2ccccc2c1C. The highest BCUT2D eigenvalue weighted by Crippen LogP contribution is 2.24. The number of rotatable bonds is 6. The van der Waals surface area contributed by atoms with E-state index >= 15 is 0 Å². The molecule has 8 nitrogen and oxygen atoms in total. The number of aryl methyl sites for hydroxylation is 2. The number of esters is 2. The van der Waals surface area contributed by atoms with Crippen molar-refractivity contribution < 1.29 is 23.5 Å². The van der Waals surface area contributed by atoms with Crippen LogP contribution in [0.15, 0.2) is 51.7 Å². The average Bonchev–Trinajstić information content (AvgIpc) is 3.09. The lowest BCUT2D eigenvalue weighted by molar-refractivity contribution is -0.145. The number of benzene rings is 2. The Bertz CT molecular complexity index is 1410. The minimum atomic E-state index is -0.588. The summed E-state index contributed by atoms with van der Waals surface area (Å²) < 4.78 is 16.8. The Morgan fingerprint density at radius 2 is 1.97 bits per heavy atom. The average molecular weight is 455 g/mol. The van der Waals surface area contributed by atoms with Crippen molar-refractivity contribution >= 4 is 45.5 Å². The summed E-state index contributed by atoms with van der Waals surface area (Å²) in [6, 6.07) is 12.2. The van der Waals surface area contributed by atoms with Gasteiger partial charge in [-0.3, -0.25) is 9.36 Å². The fourth-order valence-electron chi connectivity index (χ4n) is 3.59. The minimum absolute atomic E-state index is 0.0698. The van der Waals surface area contributed by atoms with Crippen LogP contribution < -0.4 is 5.76 Å². The molecule has 32 heavy (non-hydrogen) atoms. The largest absolute Gasteiger partial charge is 0.465 e. The molecule has 2 heterocycles. The number of nitrogens with zero attached hydrogens (tertiary/aromatic N) is 2. The van der Waals surface area contributed by atoms with E-state index in [4.69, 9.17) is 25.5 Å². The number of ether oxygens (including phenoxy) is 2. The van der Waals surface area contributed by atoms with Gasteiger partial charge in [0.15, 0.2) is 5.58 Å². The summed E-state index contributed by atoms with van der Waals surface area (Å²) in [4.78, 5) is 41.3. The van der Waals surface area contributed by atoms with E-state index in [0.717, 1.165) is 5.39 Å². The van der Waals surface area contributed by atoms with Crippen molar-refractivity contribution in [2.45, 2.75) is 26.5 Å². The van der Waals surface area contributed by atoms with Gasteiger partial charge in [-0.25, -0.2) is 14.6 Å². The minimum Gasteiger partial charge on any atom is -0.465 e. The Kier molecular flexibility index (Phi) is 5.96. The number of oxazole rings is 1. The molecule has 4 aromatic rings. The molecule has 0 saturated heterocycles. The molecule has 2 aromatic heterocycles. The third kappa shape index (κ3) is 4.09. The lowest BCUT2D eigenvalue weighted by Crippen LogP contribution is -2.18. The van der Waals surface area contributed by atoms with Crippen LogP contribution in [0.5, 0.6) is 0 Å². The molecule has 0 aliphatic carbocycles. The lowest BCUT2D eigenvalue weighted by atomic mass is 10.0. The molecule has 0 spiro atoms. The lowest BCUT2D eigenvalue weighted by Gasteiger charge is -2.13. The fraction of sp³-hybridized carbons (Fsp3) is 0.217. The Hall–Kier alpha value is -3.65. The van der Waals surface area contributed by atoms with Crippen molar-refractivity contribution in [2.24, 2.45) is 0 Å². The van der Waals surface area contributed by atoms with Crippen LogP contribution in [0, 0.1) is 6.92 Å². The van der Waals surface area contributed by atoms with Crippen LogP contribution in [-0.2, 0) is 27.4 Å². The maximum atomic E-state index is 12.4. The van der Waals surface area contributed by atoms with Gasteiger partial charge in [-0.15, -0.1) is 0 Å². The molecule has 0 N–H and O–H groups in total. The Morgan fingerprint density at radius 1 is 1.19 bits per heavy atom. The Labute approximate surface area is 187 Å². The zero-order valence-electron chi connectivity index (χ0n) is 17.4. The summed E-state index contributed by atoms with van der Waals surface area (Å²) in [6.45, 7) is 1.66. The van der Waals surface area contributed by atoms with Crippen LogP contribution in [0.1, 0.15) is 28.0 Å². The molecule has 4 rings (SSSR count). The van der Waals surface area contributed by atoms with Crippen LogP contribution in [-0.4, -0.2) is 28.6 Å². The van der Waals surface area contributed by atoms with Crippen molar-refractivity contribution in [3.8, 4) is 0 Å². The first kappa shape index (κ1) is 21.6. The van der Waals surface area contributed by atoms with E-state index in [0.29, 0.717) is 32.9 Å². The third-order valence-corrected chi connectivity index (χ3v) is 5.39. The van der Waals surface area contributed by atoms with E-state index in [1.807, 2.05) is 24.3 Å². The molecule has 0 radical (unpaired) electrons. The molecule has 0 saturated carbocycles. The van der Waals surface area contributed by atoms with E-state index in [1.165, 1.54) is 17.7 Å². The quantitative estimate of drug-likeness (QED) is 0.405. The Morgan fingerprint density at radius 3 is 2.75 bits per heavy atom. The summed E-state index contributed by atoms with van der Waals surface area (Å²) in [5.41, 5.74) is 2.83. The first-order valence-electron chi connectivity index (χ1n) is 9.80. The van der Waals surface area contributed by atoms with E-state index < -0.39 is 17.7 Å². The summed E-state index contributed by atoms with van der Waals surface area (Å²) in [5, 5.41) is 1.26. The number of halogens is 1. The maximum absolute atomic E-state index is 12.4. The van der Waals surface area contributed by atoms with E-state index in [1.54, 1.807) is 19.1 Å². The molecule has 0 fully saturated rings. The molecule has 164 valence electrons. The molecule has 0 unspecified atom stereocenters. The number of para-hydroxylation sites is 1. The number of hydrogen-bond acceptors (Lipinski definition) is 7. The van der Waals surface area contributed by atoms with Gasteiger partial charge in [-0.05, 0) is 30.7 Å². The topological polar surface area (TPSA) is 101 Å². The van der Waals surface area contributed by atoms with E-state index in [9.17, 15) is 14.4 Å². The molecule has 0 aliphatic rings. The van der Waals surface area contributed by atoms with Crippen molar-refractivity contribution in [1.29, 1.82) is 0 Å². The third-order valence-electron chi connectivity index (χ3n) is 5.16. The van der Waals surface area contributed by atoms with Crippen molar-refractivity contribution in [2.75, 3.05) is 7.11 Å². The first-order chi connectivity index (χ1) is 15.4. The van der Waals surface area contributed by atoms with Gasteiger partial charge in [0.25, 0.3) is 0 Å². The summed E-state index contributed by atoms with van der Waals surface area (Å²) in [6.07, 6.45) is -0.0721. The normalized spacial score (nSPS) is 11.1. The molecule has 0 amide bonds. The van der Waals surface area contributed by atoms with Crippen molar-refractivity contribution in [3.05, 3.63) is 74.9 Å². The predicted octanol–water partition coefficient (Wildman–Crippen LogP) is 4.02. The zero-order valence-corrected chi connectivity index (χ0v) is 18.1. The predicted molar refractivity (Wildman–Crippen MR) is 118 cm³/mol. The molecule has 9 heteroatoms. The second-order valence-electron chi connectivity index (χ2n) is 7.11. The highest BCUT2D eigenvalue weighted by Gasteiger charge is 2.20. The molecule has 0 bridgehead atoms. The second kappa shape index (κ2) is 8.84. The number of fused-ring (bicyclic) bond motifs is 2. The first-order valence-corrected chi connectivity index (χ1v) is 10.2. The summed E-state index contributed by atoms with van der Waals surface area (Å²) in [7, 11) is 1.28. The number of carbonyl (C=O) groups excluding carboxylic acids is 2. The fourth-order valence-corrected chi connectivity index (χ4v) is 3.76. The zero-order chi connectivity index (χ0) is 22.8. The van der Waals surface area contributed by atoms with Gasteiger partial charge in [-0.1, -0.05) is 29.8 Å². The molecule has 0 atom stereocenters.